The Balaban J connectivity index is 0.00000363. The Morgan fingerprint density at radius 3 is 2.53 bits per heavy atom. The lowest BCUT2D eigenvalue weighted by molar-refractivity contribution is -0.00501. The minimum Gasteiger partial charge on any atom is -0.493 e. The summed E-state index contributed by atoms with van der Waals surface area (Å²) in [5, 5.41) is 6.96. The van der Waals surface area contributed by atoms with Crippen LogP contribution in [0.2, 0.25) is 0 Å². The first-order chi connectivity index (χ1) is 15.1. The Labute approximate surface area is 210 Å². The van der Waals surface area contributed by atoms with Gasteiger partial charge in [0.2, 0.25) is 0 Å². The zero-order chi connectivity index (χ0) is 22.1. The lowest BCUT2D eigenvalue weighted by atomic mass is 9.88. The Kier molecular flexibility index (Phi) is 11.3. The van der Waals surface area contributed by atoms with Crippen LogP contribution < -0.4 is 20.1 Å². The van der Waals surface area contributed by atoms with Crippen LogP contribution in [0, 0.1) is 0 Å². The third-order valence-electron chi connectivity index (χ3n) is 6.58. The monoisotopic (exact) mass is 560 g/mol. The van der Waals surface area contributed by atoms with Crippen LogP contribution >= 0.6 is 24.0 Å². The van der Waals surface area contributed by atoms with Gasteiger partial charge in [0.1, 0.15) is 0 Å². The zero-order valence-electron chi connectivity index (χ0n) is 20.1. The van der Waals surface area contributed by atoms with E-state index in [0.29, 0.717) is 6.54 Å². The van der Waals surface area contributed by atoms with Gasteiger partial charge in [0.05, 0.1) is 19.8 Å². The molecule has 1 aliphatic heterocycles. The van der Waals surface area contributed by atoms with E-state index in [1.807, 2.05) is 12.1 Å². The topological polar surface area (TPSA) is 67.4 Å². The van der Waals surface area contributed by atoms with Crippen LogP contribution in [-0.4, -0.2) is 70.0 Å². The van der Waals surface area contributed by atoms with Crippen molar-refractivity contribution in [3.8, 4) is 11.5 Å². The molecule has 1 saturated heterocycles. The minimum absolute atomic E-state index is 0. The minimum atomic E-state index is 0. The number of ether oxygens (including phenoxy) is 3. The molecule has 3 rings (SSSR count). The summed E-state index contributed by atoms with van der Waals surface area (Å²) in [4.78, 5) is 7.20. The SMILES string of the molecule is CCNC(=NCc1cccc(OC)c1OC1CCCC1)NCC1(N(C)C)CCOCC1.I. The molecule has 0 aromatic heterocycles. The number of benzene rings is 1. The Bertz CT molecular complexity index is 717. The molecule has 0 unspecified atom stereocenters. The molecule has 0 amide bonds. The van der Waals surface area contributed by atoms with E-state index in [1.54, 1.807) is 7.11 Å². The summed E-state index contributed by atoms with van der Waals surface area (Å²) in [6, 6.07) is 6.06. The first kappa shape index (κ1) is 27.0. The molecular weight excluding hydrogens is 519 g/mol. The van der Waals surface area contributed by atoms with Gasteiger partial charge < -0.3 is 29.7 Å². The van der Waals surface area contributed by atoms with E-state index in [0.717, 1.165) is 75.0 Å². The van der Waals surface area contributed by atoms with Crippen molar-refractivity contribution in [1.82, 2.24) is 15.5 Å². The van der Waals surface area contributed by atoms with Gasteiger partial charge in [-0.1, -0.05) is 12.1 Å². The molecule has 1 aromatic carbocycles. The second kappa shape index (κ2) is 13.4. The molecule has 32 heavy (non-hydrogen) atoms. The number of rotatable bonds is 9. The number of para-hydroxylation sites is 1. The average molecular weight is 561 g/mol. The highest BCUT2D eigenvalue weighted by Crippen LogP contribution is 2.35. The molecule has 1 aliphatic carbocycles. The summed E-state index contributed by atoms with van der Waals surface area (Å²) in [6.07, 6.45) is 7.01. The molecule has 0 bridgehead atoms. The van der Waals surface area contributed by atoms with Crippen LogP contribution in [0.3, 0.4) is 0 Å². The first-order valence-electron chi connectivity index (χ1n) is 11.7. The van der Waals surface area contributed by atoms with Crippen LogP contribution in [-0.2, 0) is 11.3 Å². The molecule has 2 fully saturated rings. The van der Waals surface area contributed by atoms with Crippen molar-refractivity contribution < 1.29 is 14.2 Å². The van der Waals surface area contributed by atoms with Crippen LogP contribution in [0.15, 0.2) is 23.2 Å². The predicted octanol–water partition coefficient (Wildman–Crippen LogP) is 3.80. The number of nitrogens with one attached hydrogen (secondary N) is 2. The first-order valence-corrected chi connectivity index (χ1v) is 11.7. The van der Waals surface area contributed by atoms with Crippen molar-refractivity contribution >= 4 is 29.9 Å². The molecule has 1 heterocycles. The van der Waals surface area contributed by atoms with Gasteiger partial charge in [-0.05, 0) is 65.6 Å². The highest BCUT2D eigenvalue weighted by Gasteiger charge is 2.34. The molecule has 2 aliphatic rings. The largest absolute Gasteiger partial charge is 0.493 e. The molecule has 1 saturated carbocycles. The van der Waals surface area contributed by atoms with Gasteiger partial charge in [0, 0.05) is 37.4 Å². The second-order valence-electron chi connectivity index (χ2n) is 8.75. The molecule has 0 spiro atoms. The van der Waals surface area contributed by atoms with E-state index in [1.165, 1.54) is 12.8 Å². The van der Waals surface area contributed by atoms with Crippen molar-refractivity contribution in [2.24, 2.45) is 4.99 Å². The summed E-state index contributed by atoms with van der Waals surface area (Å²) in [6.45, 7) is 5.88. The highest BCUT2D eigenvalue weighted by molar-refractivity contribution is 14.0. The summed E-state index contributed by atoms with van der Waals surface area (Å²) in [5.74, 6) is 2.45. The fourth-order valence-electron chi connectivity index (χ4n) is 4.44. The normalized spacial score (nSPS) is 18.8. The van der Waals surface area contributed by atoms with Gasteiger partial charge in [-0.2, -0.15) is 0 Å². The van der Waals surface area contributed by atoms with Gasteiger partial charge in [0.25, 0.3) is 0 Å². The smallest absolute Gasteiger partial charge is 0.191 e. The van der Waals surface area contributed by atoms with E-state index in [-0.39, 0.29) is 35.6 Å². The van der Waals surface area contributed by atoms with E-state index >= 15 is 0 Å². The number of aliphatic imine (C=N–C) groups is 1. The fourth-order valence-corrected chi connectivity index (χ4v) is 4.44. The van der Waals surface area contributed by atoms with Gasteiger partial charge in [-0.3, -0.25) is 0 Å². The quantitative estimate of drug-likeness (QED) is 0.272. The summed E-state index contributed by atoms with van der Waals surface area (Å²) < 4.78 is 17.6. The maximum Gasteiger partial charge on any atom is 0.191 e. The molecule has 1 aromatic rings. The number of likely N-dealkylation sites (N-methyl/N-ethyl adjacent to an activating group) is 1. The zero-order valence-corrected chi connectivity index (χ0v) is 22.4. The van der Waals surface area contributed by atoms with Crippen LogP contribution in [0.4, 0.5) is 0 Å². The van der Waals surface area contributed by atoms with Crippen LogP contribution in [0.25, 0.3) is 0 Å². The standard InChI is InChI=1S/C24H40N4O3.HI/c1-5-25-23(27-18-24(28(2)3)13-15-30-16-14-24)26-17-19-9-8-12-21(29-4)22(19)31-20-10-6-7-11-20;/h8-9,12,20H,5-7,10-11,13-18H2,1-4H3,(H2,25,26,27);1H. The van der Waals surface area contributed by atoms with Gasteiger partial charge >= 0.3 is 0 Å². The number of hydrogen-bond donors (Lipinski definition) is 2. The van der Waals surface area contributed by atoms with E-state index in [9.17, 15) is 0 Å². The van der Waals surface area contributed by atoms with Crippen molar-refractivity contribution in [3.63, 3.8) is 0 Å². The number of guanidine groups is 1. The Morgan fingerprint density at radius 1 is 1.19 bits per heavy atom. The highest BCUT2D eigenvalue weighted by atomic mass is 127. The third kappa shape index (κ3) is 7.12. The maximum absolute atomic E-state index is 6.37. The number of hydrogen-bond acceptors (Lipinski definition) is 5. The molecule has 0 radical (unpaired) electrons. The van der Waals surface area contributed by atoms with Crippen molar-refractivity contribution in [1.29, 1.82) is 0 Å². The Morgan fingerprint density at radius 2 is 1.91 bits per heavy atom. The van der Waals surface area contributed by atoms with Crippen LogP contribution in [0.1, 0.15) is 51.0 Å². The fraction of sp³-hybridized carbons (Fsp3) is 0.708. The number of methoxy groups -OCH3 is 1. The molecule has 0 atom stereocenters. The lowest BCUT2D eigenvalue weighted by Crippen LogP contribution is -2.57. The van der Waals surface area contributed by atoms with E-state index in [4.69, 9.17) is 19.2 Å². The van der Waals surface area contributed by atoms with Crippen LogP contribution in [0.5, 0.6) is 11.5 Å². The predicted molar refractivity (Wildman–Crippen MR) is 141 cm³/mol. The number of halogens is 1. The molecule has 182 valence electrons. The third-order valence-corrected chi connectivity index (χ3v) is 6.58. The van der Waals surface area contributed by atoms with Gasteiger partial charge in [0.15, 0.2) is 17.5 Å². The van der Waals surface area contributed by atoms with Gasteiger partial charge in [-0.15, -0.1) is 24.0 Å². The average Bonchev–Trinajstić information content (AvgIpc) is 3.30. The lowest BCUT2D eigenvalue weighted by Gasteiger charge is -2.43. The Hall–Kier alpha value is -1.26. The van der Waals surface area contributed by atoms with E-state index in [2.05, 4.69) is 42.6 Å². The summed E-state index contributed by atoms with van der Waals surface area (Å²) in [5.41, 5.74) is 1.14. The van der Waals surface area contributed by atoms with Crippen molar-refractivity contribution in [3.05, 3.63) is 23.8 Å². The van der Waals surface area contributed by atoms with Crippen molar-refractivity contribution in [2.45, 2.75) is 63.6 Å². The molecule has 7 nitrogen and oxygen atoms in total. The second-order valence-corrected chi connectivity index (χ2v) is 8.75. The van der Waals surface area contributed by atoms with Gasteiger partial charge in [-0.25, -0.2) is 4.99 Å². The molecule has 8 heteroatoms. The number of nitrogens with zero attached hydrogens (tertiary/aromatic N) is 2. The van der Waals surface area contributed by atoms with E-state index < -0.39 is 0 Å². The molecular formula is C24H41IN4O3. The summed E-state index contributed by atoms with van der Waals surface area (Å²) in [7, 11) is 6.00. The maximum atomic E-state index is 6.37. The van der Waals surface area contributed by atoms with Crippen molar-refractivity contribution in [2.75, 3.05) is 47.5 Å². The molecule has 2 N–H and O–H groups in total. The summed E-state index contributed by atoms with van der Waals surface area (Å²) >= 11 is 0.